The van der Waals surface area contributed by atoms with Gasteiger partial charge in [-0.05, 0) is 108 Å². The summed E-state index contributed by atoms with van der Waals surface area (Å²) in [5.41, 5.74) is 11.3. The highest BCUT2D eigenvalue weighted by molar-refractivity contribution is 6.05. The smallest absolute Gasteiger partial charge is 0.119 e. The van der Waals surface area contributed by atoms with Gasteiger partial charge in [0.2, 0.25) is 0 Å². The molecule has 252 valence electrons. The summed E-state index contributed by atoms with van der Waals surface area (Å²) >= 11 is 0. The van der Waals surface area contributed by atoms with Gasteiger partial charge < -0.3 is 14.6 Å². The van der Waals surface area contributed by atoms with Crippen molar-refractivity contribution in [2.75, 3.05) is 19.8 Å². The van der Waals surface area contributed by atoms with E-state index in [0.717, 1.165) is 22.6 Å². The Morgan fingerprint density at radius 1 is 0.423 bits per heavy atom. The minimum atomic E-state index is -0.730. The lowest BCUT2D eigenvalue weighted by atomic mass is 9.64. The highest BCUT2D eigenvalue weighted by Gasteiger charge is 2.49. The second-order valence-corrected chi connectivity index (χ2v) is 13.3. The Labute approximate surface area is 304 Å². The summed E-state index contributed by atoms with van der Waals surface area (Å²) in [7, 11) is 0. The summed E-state index contributed by atoms with van der Waals surface area (Å²) in [5, 5.41) is 14.4. The monoisotopic (exact) mass is 674 g/mol. The van der Waals surface area contributed by atoms with Gasteiger partial charge in [0.05, 0.1) is 18.6 Å². The topological polar surface area (TPSA) is 38.7 Å². The maximum atomic E-state index is 9.52. The maximum absolute atomic E-state index is 9.52. The highest BCUT2D eigenvalue weighted by Crippen LogP contribution is 2.61. The molecule has 0 unspecified atom stereocenters. The molecule has 0 aromatic heterocycles. The van der Waals surface area contributed by atoms with Gasteiger partial charge in [0.25, 0.3) is 0 Å². The molecular formula is C49H38O3. The van der Waals surface area contributed by atoms with Crippen molar-refractivity contribution >= 4 is 21.5 Å². The second-order valence-electron chi connectivity index (χ2n) is 13.3. The van der Waals surface area contributed by atoms with Gasteiger partial charge in [-0.15, -0.1) is 0 Å². The summed E-state index contributed by atoms with van der Waals surface area (Å²) in [6.07, 6.45) is 0. The number of aliphatic hydroxyl groups is 1. The molecule has 0 bridgehead atoms. The Morgan fingerprint density at radius 2 is 0.808 bits per heavy atom. The minimum Gasteiger partial charge on any atom is -0.494 e. The van der Waals surface area contributed by atoms with Crippen molar-refractivity contribution in [2.24, 2.45) is 0 Å². The number of hydrogen-bond acceptors (Lipinski definition) is 3. The molecule has 8 aromatic rings. The molecule has 0 radical (unpaired) electrons. The van der Waals surface area contributed by atoms with E-state index in [-0.39, 0.29) is 13.2 Å². The van der Waals surface area contributed by atoms with Crippen LogP contribution in [0.4, 0.5) is 0 Å². The van der Waals surface area contributed by atoms with Gasteiger partial charge in [-0.2, -0.15) is 0 Å². The van der Waals surface area contributed by atoms with Crippen molar-refractivity contribution in [3.05, 3.63) is 192 Å². The third-order valence-electron chi connectivity index (χ3n) is 10.6. The van der Waals surface area contributed by atoms with E-state index >= 15 is 0 Å². The summed E-state index contributed by atoms with van der Waals surface area (Å²) in [4.78, 5) is 0. The third-order valence-corrected chi connectivity index (χ3v) is 10.6. The number of ether oxygens (including phenoxy) is 2. The quantitative estimate of drug-likeness (QED) is 0.166. The predicted molar refractivity (Wildman–Crippen MR) is 213 cm³/mol. The van der Waals surface area contributed by atoms with Crippen molar-refractivity contribution in [2.45, 2.75) is 12.3 Å². The summed E-state index contributed by atoms with van der Waals surface area (Å²) < 4.78 is 11.9. The van der Waals surface area contributed by atoms with Crippen molar-refractivity contribution in [1.82, 2.24) is 0 Å². The Morgan fingerprint density at radius 3 is 1.27 bits per heavy atom. The Bertz CT molecular complexity index is 2430. The molecule has 0 saturated carbocycles. The Hall–Kier alpha value is -6.16. The number of benzene rings is 8. The van der Waals surface area contributed by atoms with Gasteiger partial charge >= 0.3 is 0 Å². The molecule has 1 N–H and O–H groups in total. The summed E-state index contributed by atoms with van der Waals surface area (Å²) in [5.74, 6) is 1.57. The van der Waals surface area contributed by atoms with Crippen molar-refractivity contribution in [1.29, 1.82) is 0 Å². The van der Waals surface area contributed by atoms with E-state index in [1.807, 2.05) is 19.1 Å². The van der Waals surface area contributed by atoms with E-state index in [2.05, 4.69) is 158 Å². The van der Waals surface area contributed by atoms with Crippen LogP contribution >= 0.6 is 0 Å². The molecule has 0 heterocycles. The van der Waals surface area contributed by atoms with Crippen molar-refractivity contribution in [3.8, 4) is 44.9 Å². The van der Waals surface area contributed by atoms with E-state index in [1.165, 1.54) is 66.1 Å². The molecular weight excluding hydrogens is 637 g/mol. The molecule has 3 nitrogen and oxygen atoms in total. The van der Waals surface area contributed by atoms with E-state index < -0.39 is 5.41 Å². The molecule has 0 atom stereocenters. The van der Waals surface area contributed by atoms with Gasteiger partial charge in [-0.25, -0.2) is 0 Å². The Balaban J connectivity index is 1.44. The van der Waals surface area contributed by atoms with Gasteiger partial charge in [0, 0.05) is 0 Å². The van der Waals surface area contributed by atoms with E-state index in [9.17, 15) is 5.11 Å². The van der Waals surface area contributed by atoms with Crippen LogP contribution in [0.1, 0.15) is 29.2 Å². The van der Waals surface area contributed by atoms with Gasteiger partial charge in [-0.3, -0.25) is 0 Å². The van der Waals surface area contributed by atoms with Gasteiger partial charge in [-0.1, -0.05) is 146 Å². The van der Waals surface area contributed by atoms with Crippen molar-refractivity contribution < 1.29 is 14.6 Å². The van der Waals surface area contributed by atoms with Gasteiger partial charge in [0.15, 0.2) is 0 Å². The van der Waals surface area contributed by atoms with Gasteiger partial charge in [0.1, 0.15) is 18.1 Å². The highest BCUT2D eigenvalue weighted by atomic mass is 16.5. The zero-order valence-electron chi connectivity index (χ0n) is 29.1. The predicted octanol–water partition coefficient (Wildman–Crippen LogP) is 11.5. The zero-order chi connectivity index (χ0) is 35.1. The summed E-state index contributed by atoms with van der Waals surface area (Å²) in [6, 6.07) is 61.4. The molecule has 8 aromatic carbocycles. The molecule has 52 heavy (non-hydrogen) atoms. The molecule has 1 aliphatic rings. The van der Waals surface area contributed by atoms with Crippen LogP contribution in [0, 0.1) is 0 Å². The first-order valence-electron chi connectivity index (χ1n) is 18.0. The lowest BCUT2D eigenvalue weighted by molar-refractivity contribution is 0.201. The number of aliphatic hydroxyl groups excluding tert-OH is 1. The first-order chi connectivity index (χ1) is 25.7. The fourth-order valence-corrected chi connectivity index (χ4v) is 8.53. The molecule has 0 spiro atoms. The zero-order valence-corrected chi connectivity index (χ0v) is 29.1. The van der Waals surface area contributed by atoms with E-state index in [1.54, 1.807) is 0 Å². The van der Waals surface area contributed by atoms with Crippen LogP contribution in [0.15, 0.2) is 170 Å². The summed E-state index contributed by atoms with van der Waals surface area (Å²) in [6.45, 7) is 2.82. The fraction of sp³-hybridized carbons (Fsp3) is 0.102. The second kappa shape index (κ2) is 13.2. The van der Waals surface area contributed by atoms with Crippen LogP contribution in [0.5, 0.6) is 11.5 Å². The Kier molecular flexibility index (Phi) is 8.06. The SMILES string of the molecule is CCOc1ccc(C2(c3ccc(OCCO)cc3)c3c(cccc3-c3cccc4ccccc34)-c3cccc(-c4cccc5ccccc45)c32)cc1. The minimum absolute atomic E-state index is 0.0403. The number of fused-ring (bicyclic) bond motifs is 5. The molecule has 0 saturated heterocycles. The fourth-order valence-electron chi connectivity index (χ4n) is 8.53. The largest absolute Gasteiger partial charge is 0.494 e. The third kappa shape index (κ3) is 5.00. The normalized spacial score (nSPS) is 12.8. The van der Waals surface area contributed by atoms with Crippen LogP contribution in [0.2, 0.25) is 0 Å². The molecule has 3 heteroatoms. The van der Waals surface area contributed by atoms with Crippen LogP contribution in [0.25, 0.3) is 54.9 Å². The average molecular weight is 675 g/mol. The van der Waals surface area contributed by atoms with E-state index in [0.29, 0.717) is 6.61 Å². The van der Waals surface area contributed by atoms with Crippen LogP contribution < -0.4 is 9.47 Å². The lowest BCUT2D eigenvalue weighted by Crippen LogP contribution is -2.30. The first-order valence-corrected chi connectivity index (χ1v) is 18.0. The van der Waals surface area contributed by atoms with Crippen molar-refractivity contribution in [3.63, 3.8) is 0 Å². The molecule has 9 rings (SSSR count). The van der Waals surface area contributed by atoms with Crippen LogP contribution in [0.3, 0.4) is 0 Å². The molecule has 0 fully saturated rings. The van der Waals surface area contributed by atoms with E-state index in [4.69, 9.17) is 9.47 Å². The molecule has 0 aliphatic heterocycles. The van der Waals surface area contributed by atoms with Crippen LogP contribution in [-0.2, 0) is 5.41 Å². The standard InChI is InChI=1S/C49H38O3/c1-2-51-37-27-23-35(24-28-37)49(36-25-29-38(30-26-36)52-32-31-50)47-43(41-17-7-13-33-11-3-5-15-39(33)41)19-9-21-45(47)46-22-10-20-44(48(46)49)42-18-8-14-34-12-4-6-16-40(34)42/h3-30,50H,2,31-32H2,1H3. The van der Waals surface area contributed by atoms with Crippen LogP contribution in [-0.4, -0.2) is 24.9 Å². The average Bonchev–Trinajstić information content (AvgIpc) is 3.52. The first kappa shape index (κ1) is 31.8. The lowest BCUT2D eigenvalue weighted by Gasteiger charge is -2.37. The maximum Gasteiger partial charge on any atom is 0.119 e. The molecule has 1 aliphatic carbocycles. The number of rotatable bonds is 9. The molecule has 0 amide bonds. The number of hydrogen-bond donors (Lipinski definition) is 1.